The fraction of sp³-hybridized carbons (Fsp3) is 0.400. The highest BCUT2D eigenvalue weighted by Gasteiger charge is 2.17. The fourth-order valence-electron chi connectivity index (χ4n) is 3.42. The van der Waals surface area contributed by atoms with Crippen LogP contribution >= 0.6 is 0 Å². The number of hydrogen-bond donors (Lipinski definition) is 4. The molecule has 0 radical (unpaired) electrons. The second-order valence-electron chi connectivity index (χ2n) is 8.19. The Morgan fingerprint density at radius 2 is 1.73 bits per heavy atom. The topological polar surface area (TPSA) is 109 Å². The van der Waals surface area contributed by atoms with Crippen LogP contribution in [-0.4, -0.2) is 49.6 Å². The summed E-state index contributed by atoms with van der Waals surface area (Å²) in [5, 5.41) is 11.6. The molecule has 2 unspecified atom stereocenters. The summed E-state index contributed by atoms with van der Waals surface area (Å²) in [5.74, 6) is -0.609. The van der Waals surface area contributed by atoms with Crippen molar-refractivity contribution >= 4 is 29.1 Å². The van der Waals surface area contributed by atoms with Gasteiger partial charge in [-0.2, -0.15) is 0 Å². The van der Waals surface area contributed by atoms with Gasteiger partial charge in [0.1, 0.15) is 0 Å². The first-order chi connectivity index (χ1) is 15.9. The van der Waals surface area contributed by atoms with E-state index in [0.717, 1.165) is 25.9 Å². The number of anilines is 2. The molecule has 2 aromatic rings. The van der Waals surface area contributed by atoms with Crippen molar-refractivity contribution in [2.45, 2.75) is 45.3 Å². The van der Waals surface area contributed by atoms with Gasteiger partial charge in [0, 0.05) is 41.7 Å². The smallest absolute Gasteiger partial charge is 0.251 e. The summed E-state index contributed by atoms with van der Waals surface area (Å²) < 4.78 is 5.53. The zero-order valence-electron chi connectivity index (χ0n) is 19.1. The lowest BCUT2D eigenvalue weighted by molar-refractivity contribution is -0.114. The van der Waals surface area contributed by atoms with E-state index in [2.05, 4.69) is 21.3 Å². The maximum absolute atomic E-state index is 12.4. The Balaban J connectivity index is 1.49. The first-order valence-electron chi connectivity index (χ1n) is 11.4. The van der Waals surface area contributed by atoms with Crippen molar-refractivity contribution in [1.29, 1.82) is 0 Å². The lowest BCUT2D eigenvalue weighted by Crippen LogP contribution is -2.32. The van der Waals surface area contributed by atoms with Crippen LogP contribution < -0.4 is 21.3 Å². The number of benzene rings is 2. The lowest BCUT2D eigenvalue weighted by Gasteiger charge is -2.13. The zero-order chi connectivity index (χ0) is 23.6. The third kappa shape index (κ3) is 7.61. The fourth-order valence-corrected chi connectivity index (χ4v) is 3.42. The van der Waals surface area contributed by atoms with Gasteiger partial charge in [-0.15, -0.1) is 0 Å². The van der Waals surface area contributed by atoms with Crippen LogP contribution in [0.15, 0.2) is 48.5 Å². The summed E-state index contributed by atoms with van der Waals surface area (Å²) in [6, 6.07) is 13.9. The molecule has 1 fully saturated rings. The van der Waals surface area contributed by atoms with Crippen molar-refractivity contribution in [3.8, 4) is 0 Å². The van der Waals surface area contributed by atoms with Crippen LogP contribution in [0.2, 0.25) is 0 Å². The minimum absolute atomic E-state index is 0.0181. The van der Waals surface area contributed by atoms with Crippen molar-refractivity contribution in [3.63, 3.8) is 0 Å². The van der Waals surface area contributed by atoms with E-state index in [1.807, 2.05) is 13.8 Å². The van der Waals surface area contributed by atoms with Gasteiger partial charge < -0.3 is 26.0 Å². The quantitative estimate of drug-likeness (QED) is 0.443. The van der Waals surface area contributed by atoms with E-state index in [0.29, 0.717) is 29.0 Å². The molecule has 0 aliphatic carbocycles. The van der Waals surface area contributed by atoms with Crippen LogP contribution in [0.3, 0.4) is 0 Å². The van der Waals surface area contributed by atoms with Gasteiger partial charge in [0.25, 0.3) is 11.8 Å². The van der Waals surface area contributed by atoms with Crippen LogP contribution in [-0.2, 0) is 9.53 Å². The largest absolute Gasteiger partial charge is 0.376 e. The van der Waals surface area contributed by atoms with Gasteiger partial charge in [0.05, 0.1) is 12.6 Å². The molecule has 8 heteroatoms. The summed E-state index contributed by atoms with van der Waals surface area (Å²) in [4.78, 5) is 37.1. The molecule has 3 amide bonds. The molecule has 0 bridgehead atoms. The lowest BCUT2D eigenvalue weighted by atomic mass is 10.1. The van der Waals surface area contributed by atoms with Crippen molar-refractivity contribution in [1.82, 2.24) is 10.6 Å². The van der Waals surface area contributed by atoms with E-state index < -0.39 is 0 Å². The number of hydrogen-bond acceptors (Lipinski definition) is 5. The van der Waals surface area contributed by atoms with E-state index in [4.69, 9.17) is 4.74 Å². The summed E-state index contributed by atoms with van der Waals surface area (Å²) in [5.41, 5.74) is 2.21. The molecule has 176 valence electrons. The summed E-state index contributed by atoms with van der Waals surface area (Å²) in [6.07, 6.45) is 2.91. The molecule has 8 nitrogen and oxygen atoms in total. The van der Waals surface area contributed by atoms with E-state index >= 15 is 0 Å². The maximum Gasteiger partial charge on any atom is 0.251 e. The van der Waals surface area contributed by atoms with Crippen molar-refractivity contribution in [2.24, 2.45) is 0 Å². The van der Waals surface area contributed by atoms with E-state index in [1.165, 1.54) is 0 Å². The number of ether oxygens (including phenoxy) is 1. The maximum atomic E-state index is 12.4. The predicted octanol–water partition coefficient (Wildman–Crippen LogP) is 3.17. The van der Waals surface area contributed by atoms with Crippen molar-refractivity contribution in [3.05, 3.63) is 59.7 Å². The second-order valence-corrected chi connectivity index (χ2v) is 8.19. The molecule has 2 atom stereocenters. The number of nitrogens with one attached hydrogen (secondary N) is 4. The van der Waals surface area contributed by atoms with Crippen molar-refractivity contribution in [2.75, 3.05) is 30.3 Å². The van der Waals surface area contributed by atoms with E-state index in [9.17, 15) is 14.4 Å². The van der Waals surface area contributed by atoms with E-state index in [1.54, 1.807) is 48.5 Å². The normalized spacial score (nSPS) is 16.0. The monoisotopic (exact) mass is 452 g/mol. The van der Waals surface area contributed by atoms with Crippen LogP contribution in [0, 0.1) is 0 Å². The van der Waals surface area contributed by atoms with Crippen LogP contribution in [0.1, 0.15) is 53.8 Å². The predicted molar refractivity (Wildman–Crippen MR) is 129 cm³/mol. The molecule has 2 aromatic carbocycles. The molecule has 4 N–H and O–H groups in total. The molecular formula is C25H32N4O4. The highest BCUT2D eigenvalue weighted by molar-refractivity contribution is 5.98. The SMILES string of the molecule is CCC(C)NC(=O)c1cccc(NC(=O)CNc2cccc(C(=O)NCC3CCCO3)c2)c1. The third-order valence-corrected chi connectivity index (χ3v) is 5.49. The van der Waals surface area contributed by atoms with Gasteiger partial charge >= 0.3 is 0 Å². The number of carbonyl (C=O) groups excluding carboxylic acids is 3. The Morgan fingerprint density at radius 1 is 1.03 bits per heavy atom. The third-order valence-electron chi connectivity index (χ3n) is 5.49. The van der Waals surface area contributed by atoms with Gasteiger partial charge in [0.15, 0.2) is 0 Å². The Hall–Kier alpha value is -3.39. The summed E-state index contributed by atoms with van der Waals surface area (Å²) in [7, 11) is 0. The highest BCUT2D eigenvalue weighted by Crippen LogP contribution is 2.14. The Morgan fingerprint density at radius 3 is 2.42 bits per heavy atom. The average Bonchev–Trinajstić information content (AvgIpc) is 3.35. The zero-order valence-corrected chi connectivity index (χ0v) is 19.1. The van der Waals surface area contributed by atoms with E-state index in [-0.39, 0.29) is 36.4 Å². The molecule has 0 aromatic heterocycles. The minimum atomic E-state index is -0.261. The van der Waals surface area contributed by atoms with Gasteiger partial charge in [-0.25, -0.2) is 0 Å². The van der Waals surface area contributed by atoms with Crippen LogP contribution in [0.5, 0.6) is 0 Å². The minimum Gasteiger partial charge on any atom is -0.376 e. The Bertz CT molecular complexity index is 972. The number of rotatable bonds is 10. The molecular weight excluding hydrogens is 420 g/mol. The molecule has 1 aliphatic rings. The number of amides is 3. The standard InChI is InChI=1S/C25H32N4O4/c1-3-17(2)28-25(32)19-8-5-10-21(14-19)29-23(30)16-26-20-9-4-7-18(13-20)24(31)27-15-22-11-6-12-33-22/h4-5,7-10,13-14,17,22,26H,3,6,11-12,15-16H2,1-2H3,(H,27,31)(H,28,32)(H,29,30). The number of carbonyl (C=O) groups is 3. The van der Waals surface area contributed by atoms with Crippen LogP contribution in [0.4, 0.5) is 11.4 Å². The summed E-state index contributed by atoms with van der Waals surface area (Å²) >= 11 is 0. The molecule has 1 heterocycles. The average molecular weight is 453 g/mol. The Labute approximate surface area is 194 Å². The summed E-state index contributed by atoms with van der Waals surface area (Å²) in [6.45, 7) is 5.20. The first kappa shape index (κ1) is 24.3. The van der Waals surface area contributed by atoms with Crippen LogP contribution in [0.25, 0.3) is 0 Å². The first-order valence-corrected chi connectivity index (χ1v) is 11.4. The van der Waals surface area contributed by atoms with Gasteiger partial charge in [-0.1, -0.05) is 19.1 Å². The van der Waals surface area contributed by atoms with Crippen molar-refractivity contribution < 1.29 is 19.1 Å². The molecule has 0 spiro atoms. The molecule has 33 heavy (non-hydrogen) atoms. The van der Waals surface area contributed by atoms with Gasteiger partial charge in [-0.05, 0) is 62.6 Å². The van der Waals surface area contributed by atoms with Gasteiger partial charge in [-0.3, -0.25) is 14.4 Å². The molecule has 0 saturated carbocycles. The Kier molecular flexibility index (Phi) is 8.83. The highest BCUT2D eigenvalue weighted by atomic mass is 16.5. The van der Waals surface area contributed by atoms with Gasteiger partial charge in [0.2, 0.25) is 5.91 Å². The molecule has 1 saturated heterocycles. The second kappa shape index (κ2) is 12.0. The molecule has 1 aliphatic heterocycles. The molecule has 3 rings (SSSR count).